The van der Waals surface area contributed by atoms with Crippen LogP contribution in [0.1, 0.15) is 34.6 Å². The SMILES string of the molecule is CC(CNC(C)(C)C)N1CCN(C)CC1C. The van der Waals surface area contributed by atoms with Crippen molar-refractivity contribution < 1.29 is 0 Å². The zero-order valence-electron chi connectivity index (χ0n) is 11.9. The second-order valence-corrected chi connectivity index (χ2v) is 6.33. The van der Waals surface area contributed by atoms with Gasteiger partial charge < -0.3 is 10.2 Å². The lowest BCUT2D eigenvalue weighted by Gasteiger charge is -2.42. The van der Waals surface area contributed by atoms with E-state index in [1.165, 1.54) is 19.6 Å². The molecule has 1 saturated heterocycles. The minimum absolute atomic E-state index is 0.226. The number of piperazine rings is 1. The van der Waals surface area contributed by atoms with Gasteiger partial charge in [-0.2, -0.15) is 0 Å². The Morgan fingerprint density at radius 2 is 1.94 bits per heavy atom. The molecule has 1 fully saturated rings. The van der Waals surface area contributed by atoms with Gasteiger partial charge in [0.1, 0.15) is 0 Å². The number of nitrogens with one attached hydrogen (secondary N) is 1. The van der Waals surface area contributed by atoms with Crippen molar-refractivity contribution in [3.63, 3.8) is 0 Å². The van der Waals surface area contributed by atoms with Crippen molar-refractivity contribution in [1.82, 2.24) is 15.1 Å². The van der Waals surface area contributed by atoms with E-state index in [1.54, 1.807) is 0 Å². The van der Waals surface area contributed by atoms with Gasteiger partial charge in [-0.15, -0.1) is 0 Å². The van der Waals surface area contributed by atoms with E-state index in [4.69, 9.17) is 0 Å². The summed E-state index contributed by atoms with van der Waals surface area (Å²) in [6.45, 7) is 16.0. The topological polar surface area (TPSA) is 18.5 Å². The van der Waals surface area contributed by atoms with Gasteiger partial charge in [0.15, 0.2) is 0 Å². The zero-order valence-corrected chi connectivity index (χ0v) is 11.9. The van der Waals surface area contributed by atoms with E-state index in [2.05, 4.69) is 56.8 Å². The van der Waals surface area contributed by atoms with Crippen LogP contribution in [0.5, 0.6) is 0 Å². The highest BCUT2D eigenvalue weighted by Crippen LogP contribution is 2.12. The van der Waals surface area contributed by atoms with Crippen LogP contribution >= 0.6 is 0 Å². The minimum atomic E-state index is 0.226. The van der Waals surface area contributed by atoms with Crippen LogP contribution in [-0.4, -0.2) is 60.6 Å². The number of likely N-dealkylation sites (N-methyl/N-ethyl adjacent to an activating group) is 1. The summed E-state index contributed by atoms with van der Waals surface area (Å²) in [5.41, 5.74) is 0.226. The van der Waals surface area contributed by atoms with E-state index in [0.717, 1.165) is 6.54 Å². The van der Waals surface area contributed by atoms with Crippen molar-refractivity contribution in [3.05, 3.63) is 0 Å². The Hall–Kier alpha value is -0.120. The van der Waals surface area contributed by atoms with Gasteiger partial charge in [-0.25, -0.2) is 0 Å². The summed E-state index contributed by atoms with van der Waals surface area (Å²) in [7, 11) is 2.21. The standard InChI is InChI=1S/C13H29N3/c1-11(9-14-13(3,4)5)16-8-7-15(6)10-12(16)2/h11-12,14H,7-10H2,1-6H3. The Kier molecular flexibility index (Phi) is 4.77. The first-order chi connectivity index (χ1) is 7.29. The van der Waals surface area contributed by atoms with Crippen LogP contribution in [0.15, 0.2) is 0 Å². The molecule has 0 amide bonds. The molecule has 1 heterocycles. The molecule has 0 spiro atoms. The highest BCUT2D eigenvalue weighted by molar-refractivity contribution is 4.83. The third-order valence-electron chi connectivity index (χ3n) is 3.38. The first-order valence-electron chi connectivity index (χ1n) is 6.49. The lowest BCUT2D eigenvalue weighted by molar-refractivity contribution is 0.0650. The van der Waals surface area contributed by atoms with Crippen molar-refractivity contribution in [2.24, 2.45) is 0 Å². The molecule has 0 bridgehead atoms. The van der Waals surface area contributed by atoms with Crippen molar-refractivity contribution in [2.75, 3.05) is 33.2 Å². The molecule has 0 aromatic carbocycles. The number of hydrogen-bond acceptors (Lipinski definition) is 3. The van der Waals surface area contributed by atoms with E-state index in [-0.39, 0.29) is 5.54 Å². The van der Waals surface area contributed by atoms with Crippen molar-refractivity contribution in [1.29, 1.82) is 0 Å². The molecule has 0 aromatic rings. The molecule has 0 radical (unpaired) electrons. The number of hydrogen-bond donors (Lipinski definition) is 1. The quantitative estimate of drug-likeness (QED) is 0.786. The summed E-state index contributed by atoms with van der Waals surface area (Å²) < 4.78 is 0. The predicted octanol–water partition coefficient (Wildman–Crippen LogP) is 1.40. The van der Waals surface area contributed by atoms with Gasteiger partial charge in [-0.3, -0.25) is 4.90 Å². The average molecular weight is 227 g/mol. The minimum Gasteiger partial charge on any atom is -0.311 e. The van der Waals surface area contributed by atoms with E-state index in [9.17, 15) is 0 Å². The molecule has 2 unspecified atom stereocenters. The van der Waals surface area contributed by atoms with Crippen molar-refractivity contribution in [3.8, 4) is 0 Å². The number of nitrogens with zero attached hydrogens (tertiary/aromatic N) is 2. The summed E-state index contributed by atoms with van der Waals surface area (Å²) in [5, 5.41) is 3.60. The van der Waals surface area contributed by atoms with Crippen LogP contribution in [0, 0.1) is 0 Å². The Bertz CT molecular complexity index is 210. The Morgan fingerprint density at radius 3 is 2.44 bits per heavy atom. The van der Waals surface area contributed by atoms with Crippen LogP contribution in [0.3, 0.4) is 0 Å². The highest BCUT2D eigenvalue weighted by Gasteiger charge is 2.25. The zero-order chi connectivity index (χ0) is 12.3. The molecule has 0 aliphatic carbocycles. The van der Waals surface area contributed by atoms with Gasteiger partial charge in [-0.1, -0.05) is 0 Å². The second kappa shape index (κ2) is 5.48. The predicted molar refractivity (Wildman–Crippen MR) is 70.9 cm³/mol. The summed E-state index contributed by atoms with van der Waals surface area (Å²) in [6.07, 6.45) is 0. The van der Waals surface area contributed by atoms with E-state index in [0.29, 0.717) is 12.1 Å². The molecule has 1 aliphatic rings. The van der Waals surface area contributed by atoms with Gasteiger partial charge in [0, 0.05) is 43.8 Å². The Morgan fingerprint density at radius 1 is 1.31 bits per heavy atom. The van der Waals surface area contributed by atoms with E-state index < -0.39 is 0 Å². The van der Waals surface area contributed by atoms with Gasteiger partial charge in [0.25, 0.3) is 0 Å². The first kappa shape index (κ1) is 13.9. The van der Waals surface area contributed by atoms with Gasteiger partial charge >= 0.3 is 0 Å². The lowest BCUT2D eigenvalue weighted by Crippen LogP contribution is -2.56. The molecule has 3 nitrogen and oxygen atoms in total. The molecule has 1 N–H and O–H groups in total. The molecule has 0 aromatic heterocycles. The van der Waals surface area contributed by atoms with Crippen LogP contribution in [0.25, 0.3) is 0 Å². The highest BCUT2D eigenvalue weighted by atomic mass is 15.3. The molecule has 96 valence electrons. The molecule has 1 aliphatic heterocycles. The smallest absolute Gasteiger partial charge is 0.0198 e. The van der Waals surface area contributed by atoms with Gasteiger partial charge in [0.05, 0.1) is 0 Å². The molecule has 3 heteroatoms. The van der Waals surface area contributed by atoms with Crippen molar-refractivity contribution in [2.45, 2.75) is 52.2 Å². The molecule has 16 heavy (non-hydrogen) atoms. The first-order valence-corrected chi connectivity index (χ1v) is 6.49. The molecular formula is C13H29N3. The third kappa shape index (κ3) is 4.40. The van der Waals surface area contributed by atoms with E-state index >= 15 is 0 Å². The maximum atomic E-state index is 3.60. The third-order valence-corrected chi connectivity index (χ3v) is 3.38. The van der Waals surface area contributed by atoms with Crippen LogP contribution in [0.4, 0.5) is 0 Å². The van der Waals surface area contributed by atoms with Gasteiger partial charge in [0.2, 0.25) is 0 Å². The van der Waals surface area contributed by atoms with Crippen LogP contribution in [-0.2, 0) is 0 Å². The van der Waals surface area contributed by atoms with E-state index in [1.807, 2.05) is 0 Å². The largest absolute Gasteiger partial charge is 0.311 e. The second-order valence-electron chi connectivity index (χ2n) is 6.33. The maximum Gasteiger partial charge on any atom is 0.0198 e. The molecule has 1 rings (SSSR count). The number of rotatable bonds is 3. The Labute approximate surface area is 101 Å². The summed E-state index contributed by atoms with van der Waals surface area (Å²) in [6, 6.07) is 1.30. The monoisotopic (exact) mass is 227 g/mol. The molecule has 0 saturated carbocycles. The molecular weight excluding hydrogens is 198 g/mol. The maximum absolute atomic E-state index is 3.60. The summed E-state index contributed by atoms with van der Waals surface area (Å²) in [5.74, 6) is 0. The summed E-state index contributed by atoms with van der Waals surface area (Å²) in [4.78, 5) is 5.05. The lowest BCUT2D eigenvalue weighted by atomic mass is 10.1. The molecule has 2 atom stereocenters. The van der Waals surface area contributed by atoms with Crippen LogP contribution < -0.4 is 5.32 Å². The fourth-order valence-electron chi connectivity index (χ4n) is 2.38. The summed E-state index contributed by atoms with van der Waals surface area (Å²) >= 11 is 0. The Balaban J connectivity index is 2.38. The van der Waals surface area contributed by atoms with Crippen molar-refractivity contribution >= 4 is 0 Å². The van der Waals surface area contributed by atoms with Crippen LogP contribution in [0.2, 0.25) is 0 Å². The fourth-order valence-corrected chi connectivity index (χ4v) is 2.38. The fraction of sp³-hybridized carbons (Fsp3) is 1.00. The van der Waals surface area contributed by atoms with Gasteiger partial charge in [-0.05, 0) is 41.7 Å². The normalized spacial score (nSPS) is 27.0. The average Bonchev–Trinajstić information content (AvgIpc) is 2.13.